The van der Waals surface area contributed by atoms with Crippen molar-refractivity contribution in [3.63, 3.8) is 0 Å². The molecular weight excluding hydrogens is 142 g/mol. The quantitative estimate of drug-likeness (QED) is 0.563. The van der Waals surface area contributed by atoms with Crippen LogP contribution in [-0.2, 0) is 0 Å². The van der Waals surface area contributed by atoms with Crippen LogP contribution in [0.5, 0.6) is 0 Å². The van der Waals surface area contributed by atoms with E-state index in [1.165, 1.54) is 6.92 Å². The van der Waals surface area contributed by atoms with Crippen molar-refractivity contribution in [3.8, 4) is 6.07 Å². The molecule has 0 spiro atoms. The Morgan fingerprint density at radius 2 is 1.36 bits per heavy atom. The van der Waals surface area contributed by atoms with Crippen LogP contribution in [0.4, 0.5) is 0 Å². The van der Waals surface area contributed by atoms with Gasteiger partial charge >= 0.3 is 0 Å². The van der Waals surface area contributed by atoms with Crippen LogP contribution in [0.15, 0.2) is 0 Å². The Bertz CT molecular complexity index is 83.2. The highest BCUT2D eigenvalue weighted by atomic mass is 16.3. The van der Waals surface area contributed by atoms with E-state index in [2.05, 4.69) is 0 Å². The number of hydrogen-bond donors (Lipinski definition) is 2. The van der Waals surface area contributed by atoms with E-state index < -0.39 is 5.60 Å². The maximum absolute atomic E-state index is 8.52. The van der Waals surface area contributed by atoms with Crippen molar-refractivity contribution < 1.29 is 10.2 Å². The van der Waals surface area contributed by atoms with Crippen LogP contribution >= 0.6 is 0 Å². The summed E-state index contributed by atoms with van der Waals surface area (Å²) in [6, 6.07) is 1.75. The molecule has 0 saturated carbocycles. The van der Waals surface area contributed by atoms with Gasteiger partial charge in [-0.1, -0.05) is 0 Å². The Labute approximate surface area is 69.3 Å². The molecular formula is C8H19NO2. The van der Waals surface area contributed by atoms with E-state index >= 15 is 0 Å². The fourth-order valence-corrected chi connectivity index (χ4v) is 0. The lowest BCUT2D eigenvalue weighted by molar-refractivity contribution is 0.102. The number of hydrogen-bond acceptors (Lipinski definition) is 3. The molecule has 3 nitrogen and oxygen atoms in total. The van der Waals surface area contributed by atoms with E-state index in [1.807, 2.05) is 0 Å². The van der Waals surface area contributed by atoms with E-state index in [9.17, 15) is 0 Å². The summed E-state index contributed by atoms with van der Waals surface area (Å²) < 4.78 is 0. The second-order valence-corrected chi connectivity index (χ2v) is 2.71. The standard InChI is InChI=1S/C4H10O.C2H3N.C2H6O/c1-4(2,3)5;2*1-2-3/h5H,1-3H3;1H3;3H,2H2,1H3. The van der Waals surface area contributed by atoms with Gasteiger partial charge in [-0.25, -0.2) is 0 Å². The lowest BCUT2D eigenvalue weighted by Crippen LogP contribution is -2.10. The Balaban J connectivity index is -0.0000000933. The highest BCUT2D eigenvalue weighted by Crippen LogP contribution is 1.93. The smallest absolute Gasteiger partial charge is 0.0587 e. The summed E-state index contributed by atoms with van der Waals surface area (Å²) in [7, 11) is 0. The van der Waals surface area contributed by atoms with Crippen molar-refractivity contribution in [1.29, 1.82) is 5.26 Å². The summed E-state index contributed by atoms with van der Waals surface area (Å²) in [5.74, 6) is 0. The van der Waals surface area contributed by atoms with Crippen LogP contribution in [0.25, 0.3) is 0 Å². The van der Waals surface area contributed by atoms with Crippen LogP contribution < -0.4 is 0 Å². The monoisotopic (exact) mass is 161 g/mol. The topological polar surface area (TPSA) is 64.2 Å². The van der Waals surface area contributed by atoms with Gasteiger partial charge in [0.05, 0.1) is 11.7 Å². The van der Waals surface area contributed by atoms with Gasteiger partial charge in [-0.2, -0.15) is 5.26 Å². The third-order valence-corrected chi connectivity index (χ3v) is 0. The second kappa shape index (κ2) is 12.1. The molecule has 0 aromatic rings. The number of aliphatic hydroxyl groups is 2. The largest absolute Gasteiger partial charge is 0.397 e. The Morgan fingerprint density at radius 1 is 1.36 bits per heavy atom. The van der Waals surface area contributed by atoms with Crippen molar-refractivity contribution >= 4 is 0 Å². The predicted octanol–water partition coefficient (Wildman–Crippen LogP) is 1.31. The summed E-state index contributed by atoms with van der Waals surface area (Å²) in [6.45, 7) is 8.59. The SMILES string of the molecule is CC#N.CC(C)(C)O.CCO. The molecule has 0 unspecified atom stereocenters. The van der Waals surface area contributed by atoms with Crippen molar-refractivity contribution in [2.45, 2.75) is 40.2 Å². The fourth-order valence-electron chi connectivity index (χ4n) is 0. The lowest BCUT2D eigenvalue weighted by Gasteiger charge is -2.04. The van der Waals surface area contributed by atoms with Gasteiger partial charge < -0.3 is 10.2 Å². The van der Waals surface area contributed by atoms with E-state index in [1.54, 1.807) is 33.8 Å². The molecule has 2 N–H and O–H groups in total. The highest BCUT2D eigenvalue weighted by molar-refractivity contribution is 4.51. The van der Waals surface area contributed by atoms with Crippen LogP contribution in [0.1, 0.15) is 34.6 Å². The number of nitriles is 1. The molecule has 0 atom stereocenters. The molecule has 0 bridgehead atoms. The molecule has 0 fully saturated rings. The zero-order chi connectivity index (χ0) is 9.91. The van der Waals surface area contributed by atoms with Crippen LogP contribution in [0, 0.1) is 11.3 Å². The molecule has 0 aliphatic heterocycles. The second-order valence-electron chi connectivity index (χ2n) is 2.71. The summed E-state index contributed by atoms with van der Waals surface area (Å²) in [6.07, 6.45) is 0. The van der Waals surface area contributed by atoms with Gasteiger partial charge in [0.2, 0.25) is 0 Å². The molecule has 3 heteroatoms. The maximum atomic E-state index is 8.52. The van der Waals surface area contributed by atoms with Gasteiger partial charge in [0.25, 0.3) is 0 Å². The van der Waals surface area contributed by atoms with E-state index in [4.69, 9.17) is 15.5 Å². The van der Waals surface area contributed by atoms with Crippen molar-refractivity contribution in [1.82, 2.24) is 0 Å². The normalized spacial score (nSPS) is 7.82. The average molecular weight is 161 g/mol. The van der Waals surface area contributed by atoms with E-state index in [0.717, 1.165) is 0 Å². The summed E-state index contributed by atoms with van der Waals surface area (Å²) >= 11 is 0. The third kappa shape index (κ3) is 1480. The van der Waals surface area contributed by atoms with E-state index in [-0.39, 0.29) is 6.61 Å². The molecule has 0 aliphatic rings. The summed E-state index contributed by atoms with van der Waals surface area (Å²) in [5, 5.41) is 23.4. The van der Waals surface area contributed by atoms with Gasteiger partial charge in [-0.3, -0.25) is 0 Å². The lowest BCUT2D eigenvalue weighted by atomic mass is 10.2. The van der Waals surface area contributed by atoms with Gasteiger partial charge in [0.1, 0.15) is 0 Å². The minimum absolute atomic E-state index is 0.250. The zero-order valence-electron chi connectivity index (χ0n) is 8.05. The highest BCUT2D eigenvalue weighted by Gasteiger charge is 1.97. The summed E-state index contributed by atoms with van der Waals surface area (Å²) in [4.78, 5) is 0. The average Bonchev–Trinajstić information content (AvgIpc) is 1.62. The van der Waals surface area contributed by atoms with Gasteiger partial charge in [-0.15, -0.1) is 0 Å². The molecule has 0 aromatic carbocycles. The summed E-state index contributed by atoms with van der Waals surface area (Å²) in [5.41, 5.74) is -0.500. The molecule has 0 rings (SSSR count). The molecule has 0 saturated heterocycles. The Hall–Kier alpha value is -0.590. The maximum Gasteiger partial charge on any atom is 0.0587 e. The number of nitrogens with zero attached hydrogens (tertiary/aromatic N) is 1. The molecule has 11 heavy (non-hydrogen) atoms. The molecule has 68 valence electrons. The number of aliphatic hydroxyl groups excluding tert-OH is 1. The molecule has 0 aromatic heterocycles. The van der Waals surface area contributed by atoms with E-state index in [0.29, 0.717) is 0 Å². The van der Waals surface area contributed by atoms with Crippen molar-refractivity contribution in [2.75, 3.05) is 6.61 Å². The minimum Gasteiger partial charge on any atom is -0.397 e. The first-order valence-electron chi connectivity index (χ1n) is 3.47. The first-order chi connectivity index (χ1) is 4.83. The van der Waals surface area contributed by atoms with Crippen molar-refractivity contribution in [2.24, 2.45) is 0 Å². The Kier molecular flexibility index (Phi) is 18.5. The predicted molar refractivity (Wildman–Crippen MR) is 46.0 cm³/mol. The van der Waals surface area contributed by atoms with Gasteiger partial charge in [0.15, 0.2) is 0 Å². The van der Waals surface area contributed by atoms with Gasteiger partial charge in [-0.05, 0) is 27.7 Å². The van der Waals surface area contributed by atoms with Crippen LogP contribution in [0.2, 0.25) is 0 Å². The molecule has 0 aliphatic carbocycles. The third-order valence-electron chi connectivity index (χ3n) is 0. The molecule has 0 radical (unpaired) electrons. The van der Waals surface area contributed by atoms with Crippen molar-refractivity contribution in [3.05, 3.63) is 0 Å². The first-order valence-corrected chi connectivity index (χ1v) is 3.47. The van der Waals surface area contributed by atoms with Crippen LogP contribution in [-0.4, -0.2) is 22.4 Å². The molecule has 0 heterocycles. The van der Waals surface area contributed by atoms with Crippen LogP contribution in [0.3, 0.4) is 0 Å². The molecule has 0 amide bonds. The zero-order valence-corrected chi connectivity index (χ0v) is 8.05. The fraction of sp³-hybridized carbons (Fsp3) is 0.875. The number of rotatable bonds is 0. The van der Waals surface area contributed by atoms with Gasteiger partial charge in [0, 0.05) is 13.5 Å². The first kappa shape index (κ1) is 16.8. The minimum atomic E-state index is -0.500. The Morgan fingerprint density at radius 3 is 1.36 bits per heavy atom.